The fourth-order valence-electron chi connectivity index (χ4n) is 2.27. The second kappa shape index (κ2) is 5.39. The quantitative estimate of drug-likeness (QED) is 0.864. The lowest BCUT2D eigenvalue weighted by atomic mass is 9.93. The van der Waals surface area contributed by atoms with Crippen LogP contribution in [0.4, 0.5) is 5.69 Å². The molecule has 0 radical (unpaired) electrons. The van der Waals surface area contributed by atoms with Gasteiger partial charge < -0.3 is 10.0 Å². The summed E-state index contributed by atoms with van der Waals surface area (Å²) < 4.78 is 0.826. The number of nitrogens with zero attached hydrogens (tertiary/aromatic N) is 2. The van der Waals surface area contributed by atoms with E-state index in [2.05, 4.69) is 15.9 Å². The summed E-state index contributed by atoms with van der Waals surface area (Å²) in [4.78, 5) is 14.0. The Balaban J connectivity index is 2.53. The van der Waals surface area contributed by atoms with Gasteiger partial charge in [-0.3, -0.25) is 4.79 Å². The molecule has 0 aliphatic carbocycles. The second-order valence-electron chi connectivity index (χ2n) is 5.05. The number of aliphatic hydroxyl groups is 1. The van der Waals surface area contributed by atoms with E-state index in [4.69, 9.17) is 5.26 Å². The highest BCUT2D eigenvalue weighted by molar-refractivity contribution is 9.10. The highest BCUT2D eigenvalue weighted by Gasteiger charge is 2.49. The predicted molar refractivity (Wildman–Crippen MR) is 80.1 cm³/mol. The first kappa shape index (κ1) is 14.8. The topological polar surface area (TPSA) is 64.3 Å². The molecular formula is C15H15BrN2O2. The molecule has 1 atom stereocenters. The van der Waals surface area contributed by atoms with Gasteiger partial charge in [-0.25, -0.2) is 0 Å². The van der Waals surface area contributed by atoms with Gasteiger partial charge in [0.15, 0.2) is 5.60 Å². The normalized spacial score (nSPS) is 20.6. The summed E-state index contributed by atoms with van der Waals surface area (Å²) in [7, 11) is 0. The van der Waals surface area contributed by atoms with Crippen LogP contribution in [0.2, 0.25) is 0 Å². The van der Waals surface area contributed by atoms with Gasteiger partial charge in [-0.15, -0.1) is 0 Å². The molecule has 1 heterocycles. The van der Waals surface area contributed by atoms with Gasteiger partial charge in [0.05, 0.1) is 18.2 Å². The fraction of sp³-hybridized carbons (Fsp3) is 0.333. The minimum absolute atomic E-state index is 0.244. The van der Waals surface area contributed by atoms with E-state index in [1.54, 1.807) is 18.2 Å². The van der Waals surface area contributed by atoms with Crippen molar-refractivity contribution in [3.8, 4) is 6.07 Å². The maximum atomic E-state index is 12.5. The van der Waals surface area contributed by atoms with Gasteiger partial charge in [0, 0.05) is 16.6 Å². The van der Waals surface area contributed by atoms with Gasteiger partial charge >= 0.3 is 0 Å². The molecule has 1 aliphatic heterocycles. The summed E-state index contributed by atoms with van der Waals surface area (Å²) in [6.07, 6.45) is 1.67. The lowest BCUT2D eigenvalue weighted by molar-refractivity contribution is -0.135. The van der Waals surface area contributed by atoms with E-state index in [9.17, 15) is 9.90 Å². The summed E-state index contributed by atoms with van der Waals surface area (Å²) in [6.45, 7) is 4.28. The molecule has 0 saturated heterocycles. The molecule has 0 spiro atoms. The van der Waals surface area contributed by atoms with Crippen molar-refractivity contribution in [2.24, 2.45) is 0 Å². The second-order valence-corrected chi connectivity index (χ2v) is 5.97. The van der Waals surface area contributed by atoms with Crippen LogP contribution in [0.25, 0.3) is 0 Å². The third-order valence-electron chi connectivity index (χ3n) is 3.31. The van der Waals surface area contributed by atoms with Crippen LogP contribution >= 0.6 is 15.9 Å². The number of halogens is 1. The third-order valence-corrected chi connectivity index (χ3v) is 3.81. The first-order valence-corrected chi connectivity index (χ1v) is 7.04. The van der Waals surface area contributed by atoms with Gasteiger partial charge in [0.2, 0.25) is 0 Å². The largest absolute Gasteiger partial charge is 0.374 e. The maximum Gasteiger partial charge on any atom is 0.265 e. The molecule has 5 heteroatoms. The number of anilines is 1. The van der Waals surface area contributed by atoms with Crippen molar-refractivity contribution in [3.05, 3.63) is 39.9 Å². The van der Waals surface area contributed by atoms with E-state index in [0.29, 0.717) is 17.8 Å². The number of carbonyl (C=O) groups excluding carboxylic acids is 1. The van der Waals surface area contributed by atoms with Gasteiger partial charge in [-0.1, -0.05) is 33.6 Å². The number of hydrogen-bond acceptors (Lipinski definition) is 3. The number of fused-ring (bicyclic) bond motifs is 1. The molecular weight excluding hydrogens is 320 g/mol. The molecule has 1 aromatic rings. The number of amides is 1. The number of carbonyl (C=O) groups is 1. The lowest BCUT2D eigenvalue weighted by Crippen LogP contribution is -2.40. The minimum Gasteiger partial charge on any atom is -0.374 e. The number of hydrogen-bond donors (Lipinski definition) is 1. The van der Waals surface area contributed by atoms with E-state index < -0.39 is 11.5 Å². The molecule has 0 bridgehead atoms. The van der Waals surface area contributed by atoms with E-state index >= 15 is 0 Å². The van der Waals surface area contributed by atoms with E-state index in [0.717, 1.165) is 10.0 Å². The van der Waals surface area contributed by atoms with Crippen molar-refractivity contribution < 1.29 is 9.90 Å². The van der Waals surface area contributed by atoms with Crippen LogP contribution in [0.5, 0.6) is 0 Å². The number of benzene rings is 1. The van der Waals surface area contributed by atoms with Crippen molar-refractivity contribution in [1.29, 1.82) is 5.26 Å². The summed E-state index contributed by atoms with van der Waals surface area (Å²) in [5.41, 5.74) is 0.499. The summed E-state index contributed by atoms with van der Waals surface area (Å²) in [5.74, 6) is -0.440. The summed E-state index contributed by atoms with van der Waals surface area (Å²) in [5, 5.41) is 19.5. The van der Waals surface area contributed by atoms with Crippen LogP contribution in [0.1, 0.15) is 25.8 Å². The number of rotatable bonds is 3. The van der Waals surface area contributed by atoms with E-state index in [-0.39, 0.29) is 6.42 Å². The van der Waals surface area contributed by atoms with Gasteiger partial charge in [-0.2, -0.15) is 5.26 Å². The Bertz CT molecular complexity index is 629. The molecule has 20 heavy (non-hydrogen) atoms. The average Bonchev–Trinajstić information content (AvgIpc) is 2.57. The first-order valence-electron chi connectivity index (χ1n) is 6.25. The zero-order valence-electron chi connectivity index (χ0n) is 11.4. The van der Waals surface area contributed by atoms with Gasteiger partial charge in [0.25, 0.3) is 5.91 Å². The minimum atomic E-state index is -1.74. The van der Waals surface area contributed by atoms with Crippen LogP contribution < -0.4 is 4.90 Å². The van der Waals surface area contributed by atoms with Gasteiger partial charge in [0.1, 0.15) is 0 Å². The molecule has 2 rings (SSSR count). The smallest absolute Gasteiger partial charge is 0.265 e. The Morgan fingerprint density at radius 2 is 2.25 bits per heavy atom. The third kappa shape index (κ3) is 2.37. The average molecular weight is 335 g/mol. The molecule has 1 N–H and O–H groups in total. The Kier molecular flexibility index (Phi) is 3.98. The predicted octanol–water partition coefficient (Wildman–Crippen LogP) is 2.86. The fourth-order valence-corrected chi connectivity index (χ4v) is 2.62. The van der Waals surface area contributed by atoms with Crippen molar-refractivity contribution in [2.45, 2.75) is 25.9 Å². The number of nitriles is 1. The maximum absolute atomic E-state index is 12.5. The summed E-state index contributed by atoms with van der Waals surface area (Å²) >= 11 is 3.37. The standard InChI is InChI=1S/C15H15BrN2O2/c1-10(2)5-8-18-13-9-11(16)3-4-12(13)15(20,6-7-17)14(18)19/h3-5,9,20H,6,8H2,1-2H3. The zero-order chi connectivity index (χ0) is 14.9. The van der Waals surface area contributed by atoms with Gasteiger partial charge in [-0.05, 0) is 26.0 Å². The highest BCUT2D eigenvalue weighted by Crippen LogP contribution is 2.43. The van der Waals surface area contributed by atoms with Crippen LogP contribution in [-0.2, 0) is 10.4 Å². The SMILES string of the molecule is CC(C)=CCN1C(=O)C(O)(CC#N)c2ccc(Br)cc21. The molecule has 0 fully saturated rings. The van der Waals surface area contributed by atoms with Crippen molar-refractivity contribution in [2.75, 3.05) is 11.4 Å². The Morgan fingerprint density at radius 1 is 1.55 bits per heavy atom. The summed E-state index contributed by atoms with van der Waals surface area (Å²) in [6, 6.07) is 7.14. The van der Waals surface area contributed by atoms with Crippen molar-refractivity contribution >= 4 is 27.5 Å². The number of allylic oxidation sites excluding steroid dienone is 1. The first-order chi connectivity index (χ1) is 9.40. The highest BCUT2D eigenvalue weighted by atomic mass is 79.9. The van der Waals surface area contributed by atoms with Crippen LogP contribution in [0, 0.1) is 11.3 Å². The van der Waals surface area contributed by atoms with E-state index in [1.165, 1.54) is 4.90 Å². The molecule has 4 nitrogen and oxygen atoms in total. The molecule has 1 aliphatic rings. The molecule has 1 amide bonds. The van der Waals surface area contributed by atoms with Crippen LogP contribution in [-0.4, -0.2) is 17.6 Å². The molecule has 104 valence electrons. The Hall–Kier alpha value is -1.64. The Morgan fingerprint density at radius 3 is 2.85 bits per heavy atom. The zero-order valence-corrected chi connectivity index (χ0v) is 12.9. The van der Waals surface area contributed by atoms with Crippen molar-refractivity contribution in [1.82, 2.24) is 0 Å². The Labute approximate surface area is 126 Å². The van der Waals surface area contributed by atoms with E-state index in [1.807, 2.05) is 26.0 Å². The van der Waals surface area contributed by atoms with Crippen molar-refractivity contribution in [3.63, 3.8) is 0 Å². The molecule has 0 aromatic heterocycles. The lowest BCUT2D eigenvalue weighted by Gasteiger charge is -2.19. The monoisotopic (exact) mass is 334 g/mol. The molecule has 1 aromatic carbocycles. The van der Waals surface area contributed by atoms with Crippen LogP contribution in [0.15, 0.2) is 34.3 Å². The van der Waals surface area contributed by atoms with Crippen LogP contribution in [0.3, 0.4) is 0 Å². The molecule has 1 unspecified atom stereocenters. The molecule has 0 saturated carbocycles.